The molecule has 0 N–H and O–H groups in total. The van der Waals surface area contributed by atoms with E-state index in [4.69, 9.17) is 0 Å². The van der Waals surface area contributed by atoms with Crippen molar-refractivity contribution in [2.45, 2.75) is 0 Å². The minimum absolute atomic E-state index is 1.29. The summed E-state index contributed by atoms with van der Waals surface area (Å²) >= 11 is 1.29. The summed E-state index contributed by atoms with van der Waals surface area (Å²) in [6.07, 6.45) is 0. The maximum absolute atomic E-state index is 3.52. The second kappa shape index (κ2) is 3.27. The molecule has 0 aliphatic heterocycles. The molecule has 0 fully saturated rings. The Bertz CT molecular complexity index is 44.0. The monoisotopic (exact) mass is 225 g/mol. The summed E-state index contributed by atoms with van der Waals surface area (Å²) in [7, 11) is 1.72. The van der Waals surface area contributed by atoms with Gasteiger partial charge >= 0.3 is 35.6 Å². The second-order valence-electron chi connectivity index (χ2n) is 0.315. The molecule has 2 heteroatoms. The van der Waals surface area contributed by atoms with Crippen LogP contribution in [0.5, 0.6) is 0 Å². The molecule has 0 heterocycles. The minimum atomic E-state index is 1.29. The average Bonchev–Trinajstić information content (AvgIpc) is 1.37. The SMILES string of the molecule is CN=[C]=[W]. The molecule has 0 atom stereocenters. The van der Waals surface area contributed by atoms with Gasteiger partial charge in [-0.15, -0.1) is 0 Å². The Morgan fingerprint density at radius 3 is 2.25 bits per heavy atom. The normalized spacial score (nSPS) is 4.25. The molecular weight excluding hydrogens is 222 g/mol. The van der Waals surface area contributed by atoms with Crippen LogP contribution in [0.25, 0.3) is 0 Å². The quantitative estimate of drug-likeness (QED) is 0.517. The zero-order valence-corrected chi connectivity index (χ0v) is 5.29. The van der Waals surface area contributed by atoms with E-state index < -0.39 is 0 Å². The molecule has 0 aromatic carbocycles. The number of aliphatic imine (C=N–C) groups is 1. The van der Waals surface area contributed by atoms with Crippen molar-refractivity contribution in [3.63, 3.8) is 0 Å². The van der Waals surface area contributed by atoms with Crippen molar-refractivity contribution in [2.75, 3.05) is 7.05 Å². The van der Waals surface area contributed by atoms with E-state index >= 15 is 0 Å². The van der Waals surface area contributed by atoms with Crippen LogP contribution in [0.2, 0.25) is 0 Å². The third kappa shape index (κ3) is 2.27. The number of rotatable bonds is 0. The van der Waals surface area contributed by atoms with E-state index in [9.17, 15) is 0 Å². The molecule has 4 heavy (non-hydrogen) atoms. The van der Waals surface area contributed by atoms with Gasteiger partial charge in [0.15, 0.2) is 0 Å². The zero-order chi connectivity index (χ0) is 3.41. The first-order valence-electron chi connectivity index (χ1n) is 0.875. The van der Waals surface area contributed by atoms with Crippen molar-refractivity contribution >= 4 is 4.19 Å². The molecule has 0 unspecified atom stereocenters. The van der Waals surface area contributed by atoms with Crippen LogP contribution in [0, 0.1) is 0 Å². The molecule has 0 aromatic heterocycles. The molecule has 0 rings (SSSR count). The second-order valence-corrected chi connectivity index (χ2v) is 0.971. The molecule has 0 aliphatic rings. The van der Waals surface area contributed by atoms with Crippen LogP contribution in [0.15, 0.2) is 4.99 Å². The van der Waals surface area contributed by atoms with E-state index in [-0.39, 0.29) is 0 Å². The van der Waals surface area contributed by atoms with E-state index in [0.717, 1.165) is 0 Å². The van der Waals surface area contributed by atoms with Crippen molar-refractivity contribution in [3.05, 3.63) is 0 Å². The molecule has 0 aromatic rings. The topological polar surface area (TPSA) is 12.4 Å². The van der Waals surface area contributed by atoms with Crippen LogP contribution in [0.4, 0.5) is 0 Å². The van der Waals surface area contributed by atoms with Crippen LogP contribution < -0.4 is 0 Å². The summed E-state index contributed by atoms with van der Waals surface area (Å²) in [6, 6.07) is 0. The van der Waals surface area contributed by atoms with Gasteiger partial charge in [0.1, 0.15) is 0 Å². The predicted octanol–water partition coefficient (Wildman–Crippen LogP) is 0.0683. The van der Waals surface area contributed by atoms with Gasteiger partial charge in [-0.2, -0.15) is 0 Å². The van der Waals surface area contributed by atoms with Gasteiger partial charge in [0.05, 0.1) is 0 Å². The molecule has 0 amide bonds. The van der Waals surface area contributed by atoms with Crippen LogP contribution in [0.3, 0.4) is 0 Å². The third-order valence-corrected chi connectivity index (χ3v) is 0.747. The first-order valence-corrected chi connectivity index (χ1v) is 2.34. The maximum atomic E-state index is 3.52. The number of hydrogen-bond donors (Lipinski definition) is 0. The molecule has 0 spiro atoms. The van der Waals surface area contributed by atoms with Gasteiger partial charge in [-0.3, -0.25) is 0 Å². The average molecular weight is 225 g/mol. The van der Waals surface area contributed by atoms with Gasteiger partial charge in [0.25, 0.3) is 0 Å². The Morgan fingerprint density at radius 1 is 2.00 bits per heavy atom. The van der Waals surface area contributed by atoms with Crippen LogP contribution in [-0.4, -0.2) is 11.2 Å². The molecule has 0 saturated heterocycles. The van der Waals surface area contributed by atoms with E-state index in [1.165, 1.54) is 19.4 Å². The Labute approximate surface area is 36.2 Å². The van der Waals surface area contributed by atoms with E-state index in [1.54, 1.807) is 7.05 Å². The van der Waals surface area contributed by atoms with Crippen molar-refractivity contribution in [1.29, 1.82) is 0 Å². The number of nitrogens with zero attached hydrogens (tertiary/aromatic N) is 1. The van der Waals surface area contributed by atoms with Gasteiger partial charge in [-0.25, -0.2) is 0 Å². The molecule has 0 radical (unpaired) electrons. The Morgan fingerprint density at radius 2 is 2.25 bits per heavy atom. The van der Waals surface area contributed by atoms with Gasteiger partial charge in [0.2, 0.25) is 0 Å². The van der Waals surface area contributed by atoms with Gasteiger partial charge in [-0.05, 0) is 0 Å². The first kappa shape index (κ1) is 4.27. The standard InChI is InChI=1S/C2H3N.W/c1-3-2;/h1H3;. The summed E-state index contributed by atoms with van der Waals surface area (Å²) in [5, 5.41) is 0. The molecule has 0 bridgehead atoms. The summed E-state index contributed by atoms with van der Waals surface area (Å²) in [6.45, 7) is 0. The Balaban J connectivity index is 3.11. The fourth-order valence-electron chi connectivity index (χ4n) is 0. The van der Waals surface area contributed by atoms with Gasteiger partial charge in [-0.1, -0.05) is 0 Å². The summed E-state index contributed by atoms with van der Waals surface area (Å²) in [5.41, 5.74) is 0. The first-order chi connectivity index (χ1) is 1.91. The van der Waals surface area contributed by atoms with E-state index in [0.29, 0.717) is 0 Å². The zero-order valence-electron chi connectivity index (χ0n) is 2.36. The summed E-state index contributed by atoms with van der Waals surface area (Å²) in [5.74, 6) is 0. The van der Waals surface area contributed by atoms with Crippen LogP contribution in [-0.2, 0) is 19.4 Å². The van der Waals surface area contributed by atoms with Crippen molar-refractivity contribution in [3.8, 4) is 0 Å². The van der Waals surface area contributed by atoms with Gasteiger partial charge in [0, 0.05) is 0 Å². The molecule has 0 saturated carbocycles. The number of hydrogen-bond acceptors (Lipinski definition) is 1. The van der Waals surface area contributed by atoms with E-state index in [1.807, 2.05) is 0 Å². The van der Waals surface area contributed by atoms with Crippen molar-refractivity contribution in [2.24, 2.45) is 4.99 Å². The third-order valence-electron chi connectivity index (χ3n) is 0.0913. The Hall–Kier alpha value is 0.268. The van der Waals surface area contributed by atoms with Crippen molar-refractivity contribution in [1.82, 2.24) is 0 Å². The molecular formula is C2H3NW. The fraction of sp³-hybridized carbons (Fsp3) is 0.500. The van der Waals surface area contributed by atoms with Crippen LogP contribution in [0.1, 0.15) is 0 Å². The fourth-order valence-corrected chi connectivity index (χ4v) is 0. The summed E-state index contributed by atoms with van der Waals surface area (Å²) in [4.78, 5) is 3.52. The van der Waals surface area contributed by atoms with Gasteiger partial charge < -0.3 is 0 Å². The van der Waals surface area contributed by atoms with Crippen LogP contribution >= 0.6 is 0 Å². The van der Waals surface area contributed by atoms with E-state index in [2.05, 4.69) is 9.19 Å². The Kier molecular flexibility index (Phi) is 3.49. The van der Waals surface area contributed by atoms with Crippen molar-refractivity contribution < 1.29 is 19.4 Å². The molecule has 1 nitrogen and oxygen atoms in total. The molecule has 0 aliphatic carbocycles. The molecule has 22 valence electrons. The predicted molar refractivity (Wildman–Crippen MR) is 13.4 cm³/mol. The summed E-state index contributed by atoms with van der Waals surface area (Å²) < 4.78 is 2.64.